The fourth-order valence-electron chi connectivity index (χ4n) is 1.69. The fourth-order valence-corrected chi connectivity index (χ4v) is 1.69. The van der Waals surface area contributed by atoms with Crippen LogP contribution in [0.25, 0.3) is 0 Å². The van der Waals surface area contributed by atoms with Crippen molar-refractivity contribution in [3.8, 4) is 0 Å². The number of hydrogen-bond acceptors (Lipinski definition) is 1. The van der Waals surface area contributed by atoms with Crippen molar-refractivity contribution in [2.24, 2.45) is 0 Å². The van der Waals surface area contributed by atoms with Gasteiger partial charge in [-0.25, -0.2) is 0 Å². The number of hydrogen-bond donors (Lipinski definition) is 1. The fraction of sp³-hybridized carbons (Fsp3) is 0.385. The van der Waals surface area contributed by atoms with Gasteiger partial charge in [0.05, 0.1) is 5.56 Å². The average Bonchev–Trinajstić information content (AvgIpc) is 2.29. The number of nitrogens with one attached hydrogen (secondary N) is 1. The van der Waals surface area contributed by atoms with Crippen LogP contribution >= 0.6 is 0 Å². The zero-order valence-electron chi connectivity index (χ0n) is 9.72. The van der Waals surface area contributed by atoms with Crippen LogP contribution in [0.4, 0.5) is 13.2 Å². The molecule has 0 aromatic heterocycles. The molecule has 0 heterocycles. The molecule has 1 unspecified atom stereocenters. The molecule has 1 aromatic rings. The second-order valence-corrected chi connectivity index (χ2v) is 3.83. The monoisotopic (exact) mass is 243 g/mol. The maximum atomic E-state index is 12.6. The lowest BCUT2D eigenvalue weighted by Crippen LogP contribution is -2.17. The molecule has 17 heavy (non-hydrogen) atoms. The standard InChI is InChI=1S/C13H16F3N/c1-3-4-8-12(17-2)10-6-5-7-11(9-10)13(14,15)16/h3,5-7,9,12,17H,1,4,8H2,2H3. The molecule has 4 heteroatoms. The van der Waals surface area contributed by atoms with E-state index in [-0.39, 0.29) is 6.04 Å². The first kappa shape index (κ1) is 13.8. The van der Waals surface area contributed by atoms with Gasteiger partial charge < -0.3 is 5.32 Å². The Kier molecular flexibility index (Phi) is 4.75. The van der Waals surface area contributed by atoms with Gasteiger partial charge in [-0.3, -0.25) is 0 Å². The van der Waals surface area contributed by atoms with E-state index in [0.29, 0.717) is 5.56 Å². The van der Waals surface area contributed by atoms with Gasteiger partial charge in [-0.2, -0.15) is 13.2 Å². The molecule has 0 bridgehead atoms. The van der Waals surface area contributed by atoms with Crippen LogP contribution in [0.15, 0.2) is 36.9 Å². The highest BCUT2D eigenvalue weighted by molar-refractivity contribution is 5.28. The lowest BCUT2D eigenvalue weighted by Gasteiger charge is -2.17. The van der Waals surface area contributed by atoms with Crippen LogP contribution in [0.5, 0.6) is 0 Å². The molecule has 0 spiro atoms. The average molecular weight is 243 g/mol. The highest BCUT2D eigenvalue weighted by atomic mass is 19.4. The highest BCUT2D eigenvalue weighted by Gasteiger charge is 2.30. The van der Waals surface area contributed by atoms with Crippen molar-refractivity contribution in [1.29, 1.82) is 0 Å². The Labute approximate surface area is 99.3 Å². The second kappa shape index (κ2) is 5.87. The van der Waals surface area contributed by atoms with Gasteiger partial charge in [0.1, 0.15) is 0 Å². The minimum atomic E-state index is -4.28. The van der Waals surface area contributed by atoms with Crippen molar-refractivity contribution in [3.63, 3.8) is 0 Å². The van der Waals surface area contributed by atoms with Crippen molar-refractivity contribution in [2.45, 2.75) is 25.1 Å². The molecule has 0 fully saturated rings. The molecule has 0 aliphatic carbocycles. The molecular formula is C13H16F3N. The molecule has 1 rings (SSSR count). The number of alkyl halides is 3. The van der Waals surface area contributed by atoms with Crippen LogP contribution in [-0.2, 0) is 6.18 Å². The maximum absolute atomic E-state index is 12.6. The lowest BCUT2D eigenvalue weighted by atomic mass is 10.00. The third-order valence-corrected chi connectivity index (χ3v) is 2.62. The predicted molar refractivity (Wildman–Crippen MR) is 62.7 cm³/mol. The van der Waals surface area contributed by atoms with E-state index >= 15 is 0 Å². The summed E-state index contributed by atoms with van der Waals surface area (Å²) in [6, 6.07) is 5.36. The third kappa shape index (κ3) is 3.89. The molecule has 0 saturated heterocycles. The Morgan fingerprint density at radius 1 is 1.41 bits per heavy atom. The van der Waals surface area contributed by atoms with E-state index in [1.165, 1.54) is 12.1 Å². The summed E-state index contributed by atoms with van der Waals surface area (Å²) in [5, 5.41) is 3.02. The maximum Gasteiger partial charge on any atom is 0.416 e. The molecule has 0 aliphatic heterocycles. The zero-order chi connectivity index (χ0) is 12.9. The number of benzene rings is 1. The quantitative estimate of drug-likeness (QED) is 0.772. The molecule has 1 aromatic carbocycles. The van der Waals surface area contributed by atoms with Crippen LogP contribution in [0.2, 0.25) is 0 Å². The van der Waals surface area contributed by atoms with Crippen LogP contribution in [-0.4, -0.2) is 7.05 Å². The molecule has 1 N–H and O–H groups in total. The minimum absolute atomic E-state index is 0.0738. The Morgan fingerprint density at radius 3 is 2.65 bits per heavy atom. The van der Waals surface area contributed by atoms with E-state index < -0.39 is 11.7 Å². The third-order valence-electron chi connectivity index (χ3n) is 2.62. The van der Waals surface area contributed by atoms with Gasteiger partial charge in [0.15, 0.2) is 0 Å². The molecule has 0 radical (unpaired) electrons. The summed E-state index contributed by atoms with van der Waals surface area (Å²) in [4.78, 5) is 0. The highest BCUT2D eigenvalue weighted by Crippen LogP contribution is 2.31. The van der Waals surface area contributed by atoms with Crippen LogP contribution in [0, 0.1) is 0 Å². The van der Waals surface area contributed by atoms with Crippen molar-refractivity contribution in [2.75, 3.05) is 7.05 Å². The number of allylic oxidation sites excluding steroid dienone is 1. The first-order chi connectivity index (χ1) is 7.99. The van der Waals surface area contributed by atoms with E-state index in [0.717, 1.165) is 18.9 Å². The largest absolute Gasteiger partial charge is 0.416 e. The summed E-state index contributed by atoms with van der Waals surface area (Å²) in [5.74, 6) is 0. The summed E-state index contributed by atoms with van der Waals surface area (Å²) in [6.07, 6.45) is -1.02. The van der Waals surface area contributed by atoms with Gasteiger partial charge in [0.2, 0.25) is 0 Å². The topological polar surface area (TPSA) is 12.0 Å². The van der Waals surface area contributed by atoms with Crippen molar-refractivity contribution in [1.82, 2.24) is 5.32 Å². The SMILES string of the molecule is C=CCCC(NC)c1cccc(C(F)(F)F)c1. The van der Waals surface area contributed by atoms with E-state index in [4.69, 9.17) is 0 Å². The summed E-state index contributed by atoms with van der Waals surface area (Å²) in [6.45, 7) is 3.61. The Bertz CT molecular complexity index is 371. The van der Waals surface area contributed by atoms with Gasteiger partial charge in [-0.1, -0.05) is 18.2 Å². The van der Waals surface area contributed by atoms with Crippen LogP contribution < -0.4 is 5.32 Å². The first-order valence-electron chi connectivity index (χ1n) is 5.44. The van der Waals surface area contributed by atoms with Gasteiger partial charge in [0.25, 0.3) is 0 Å². The molecule has 0 saturated carbocycles. The van der Waals surface area contributed by atoms with E-state index in [1.54, 1.807) is 19.2 Å². The minimum Gasteiger partial charge on any atom is -0.313 e. The van der Waals surface area contributed by atoms with Gasteiger partial charge in [-0.15, -0.1) is 6.58 Å². The van der Waals surface area contributed by atoms with Gasteiger partial charge >= 0.3 is 6.18 Å². The summed E-state index contributed by atoms with van der Waals surface area (Å²) in [7, 11) is 1.74. The van der Waals surface area contributed by atoms with Crippen LogP contribution in [0.3, 0.4) is 0 Å². The Balaban J connectivity index is 2.92. The summed E-state index contributed by atoms with van der Waals surface area (Å²) in [5.41, 5.74) is 0.0537. The Hall–Kier alpha value is -1.29. The first-order valence-corrected chi connectivity index (χ1v) is 5.44. The summed E-state index contributed by atoms with van der Waals surface area (Å²) >= 11 is 0. The van der Waals surface area contributed by atoms with Crippen molar-refractivity contribution < 1.29 is 13.2 Å². The van der Waals surface area contributed by atoms with Gasteiger partial charge in [0, 0.05) is 6.04 Å². The molecule has 1 nitrogen and oxygen atoms in total. The van der Waals surface area contributed by atoms with Crippen LogP contribution in [0.1, 0.15) is 30.0 Å². The van der Waals surface area contributed by atoms with E-state index in [1.807, 2.05) is 0 Å². The smallest absolute Gasteiger partial charge is 0.313 e. The molecule has 0 amide bonds. The molecular weight excluding hydrogens is 227 g/mol. The Morgan fingerprint density at radius 2 is 2.12 bits per heavy atom. The normalized spacial score (nSPS) is 13.4. The van der Waals surface area contributed by atoms with Crippen molar-refractivity contribution >= 4 is 0 Å². The predicted octanol–water partition coefficient (Wildman–Crippen LogP) is 3.93. The number of rotatable bonds is 5. The van der Waals surface area contributed by atoms with E-state index in [2.05, 4.69) is 11.9 Å². The zero-order valence-corrected chi connectivity index (χ0v) is 9.72. The molecule has 94 valence electrons. The van der Waals surface area contributed by atoms with Gasteiger partial charge in [-0.05, 0) is 37.6 Å². The number of halogens is 3. The lowest BCUT2D eigenvalue weighted by molar-refractivity contribution is -0.137. The van der Waals surface area contributed by atoms with Crippen molar-refractivity contribution in [3.05, 3.63) is 48.0 Å². The van der Waals surface area contributed by atoms with E-state index in [9.17, 15) is 13.2 Å². The molecule has 1 atom stereocenters. The second-order valence-electron chi connectivity index (χ2n) is 3.83. The molecule has 0 aliphatic rings. The summed E-state index contributed by atoms with van der Waals surface area (Å²) < 4.78 is 37.7.